The molecule has 0 bridgehead atoms. The molecule has 1 aromatic heterocycles. The third kappa shape index (κ3) is 7.08. The van der Waals surface area contributed by atoms with Gasteiger partial charge in [0.15, 0.2) is 5.82 Å². The lowest BCUT2D eigenvalue weighted by Gasteiger charge is -2.53. The van der Waals surface area contributed by atoms with Crippen molar-refractivity contribution in [1.29, 1.82) is 0 Å². The first-order valence-electron chi connectivity index (χ1n) is 15.0. The van der Waals surface area contributed by atoms with Crippen LogP contribution in [-0.4, -0.2) is 95.3 Å². The quantitative estimate of drug-likeness (QED) is 0.361. The van der Waals surface area contributed by atoms with Crippen LogP contribution in [0.1, 0.15) is 64.2 Å². The summed E-state index contributed by atoms with van der Waals surface area (Å²) in [6, 6.07) is 4.20. The Balaban J connectivity index is 1.43. The Hall–Kier alpha value is -3.54. The molecular formula is C30H45FN8O3. The smallest absolute Gasteiger partial charge is 0.314 e. The largest absolute Gasteiger partial charge is 0.434 e. The molecule has 230 valence electrons. The Kier molecular flexibility index (Phi) is 10.2. The van der Waals surface area contributed by atoms with Crippen LogP contribution in [0.25, 0.3) is 0 Å². The van der Waals surface area contributed by atoms with E-state index in [0.29, 0.717) is 30.9 Å². The maximum absolute atomic E-state index is 14.2. The molecule has 11 nitrogen and oxygen atoms in total. The monoisotopic (exact) mass is 584 g/mol. The summed E-state index contributed by atoms with van der Waals surface area (Å²) in [7, 11) is 1.62. The molecule has 3 heterocycles. The van der Waals surface area contributed by atoms with E-state index in [1.54, 1.807) is 11.9 Å². The molecule has 0 radical (unpaired) electrons. The SMILES string of the molecule is CCN(C(=O)c1cc(F)ccc1Oc1nncnc1N1CCC2(C1)CN([C@H](CCCNC(=O)NC)C(C)C)C2)C(C)C. The maximum atomic E-state index is 14.2. The van der Waals surface area contributed by atoms with Crippen LogP contribution >= 0.6 is 0 Å². The van der Waals surface area contributed by atoms with Crippen molar-refractivity contribution in [2.24, 2.45) is 11.3 Å². The zero-order chi connectivity index (χ0) is 30.4. The van der Waals surface area contributed by atoms with E-state index in [9.17, 15) is 14.0 Å². The average Bonchev–Trinajstić information content (AvgIpc) is 3.39. The first-order valence-corrected chi connectivity index (χ1v) is 15.0. The highest BCUT2D eigenvalue weighted by molar-refractivity contribution is 5.97. The number of carbonyl (C=O) groups excluding carboxylic acids is 2. The van der Waals surface area contributed by atoms with Gasteiger partial charge in [-0.05, 0) is 64.2 Å². The summed E-state index contributed by atoms with van der Waals surface area (Å²) in [6.45, 7) is 15.0. The fourth-order valence-corrected chi connectivity index (χ4v) is 6.27. The van der Waals surface area contributed by atoms with Gasteiger partial charge in [0.1, 0.15) is 17.9 Å². The normalized spacial score (nSPS) is 16.9. The summed E-state index contributed by atoms with van der Waals surface area (Å²) >= 11 is 0. The summed E-state index contributed by atoms with van der Waals surface area (Å²) in [5, 5.41) is 13.6. The molecule has 0 unspecified atom stereocenters. The van der Waals surface area contributed by atoms with Crippen molar-refractivity contribution in [3.05, 3.63) is 35.9 Å². The van der Waals surface area contributed by atoms with Gasteiger partial charge in [-0.2, -0.15) is 0 Å². The van der Waals surface area contributed by atoms with Crippen molar-refractivity contribution in [3.63, 3.8) is 0 Å². The second-order valence-corrected chi connectivity index (χ2v) is 12.1. The van der Waals surface area contributed by atoms with Gasteiger partial charge in [-0.25, -0.2) is 14.2 Å². The Labute approximate surface area is 248 Å². The van der Waals surface area contributed by atoms with Crippen molar-refractivity contribution in [3.8, 4) is 11.6 Å². The van der Waals surface area contributed by atoms with Crippen LogP contribution in [0.5, 0.6) is 11.6 Å². The van der Waals surface area contributed by atoms with E-state index in [1.807, 2.05) is 20.8 Å². The van der Waals surface area contributed by atoms with Crippen LogP contribution in [0.4, 0.5) is 15.0 Å². The van der Waals surface area contributed by atoms with Crippen LogP contribution in [0, 0.1) is 17.2 Å². The van der Waals surface area contributed by atoms with E-state index >= 15 is 0 Å². The van der Waals surface area contributed by atoms with Crippen LogP contribution < -0.4 is 20.3 Å². The molecule has 4 rings (SSSR count). The number of likely N-dealkylation sites (tertiary alicyclic amines) is 1. The Morgan fingerprint density at radius 2 is 1.95 bits per heavy atom. The highest BCUT2D eigenvalue weighted by Crippen LogP contribution is 2.44. The molecule has 42 heavy (non-hydrogen) atoms. The average molecular weight is 585 g/mol. The van der Waals surface area contributed by atoms with E-state index in [4.69, 9.17) is 4.74 Å². The summed E-state index contributed by atoms with van der Waals surface area (Å²) in [5.41, 5.74) is 0.297. The molecule has 12 heteroatoms. The number of rotatable bonds is 12. The summed E-state index contributed by atoms with van der Waals surface area (Å²) in [5.74, 6) is 0.680. The maximum Gasteiger partial charge on any atom is 0.314 e. The Bertz CT molecular complexity index is 1240. The number of nitrogens with zero attached hydrogens (tertiary/aromatic N) is 6. The molecule has 2 fully saturated rings. The van der Waals surface area contributed by atoms with Gasteiger partial charge in [-0.15, -0.1) is 10.2 Å². The molecule has 2 aliphatic heterocycles. The highest BCUT2D eigenvalue weighted by Gasteiger charge is 2.50. The van der Waals surface area contributed by atoms with Gasteiger partial charge in [0.25, 0.3) is 11.8 Å². The van der Waals surface area contributed by atoms with Crippen LogP contribution in [0.2, 0.25) is 0 Å². The van der Waals surface area contributed by atoms with Gasteiger partial charge < -0.3 is 25.2 Å². The van der Waals surface area contributed by atoms with Crippen molar-refractivity contribution < 1.29 is 18.7 Å². The highest BCUT2D eigenvalue weighted by atomic mass is 19.1. The fraction of sp³-hybridized carbons (Fsp3) is 0.633. The summed E-state index contributed by atoms with van der Waals surface area (Å²) in [4.78, 5) is 35.7. The van der Waals surface area contributed by atoms with Gasteiger partial charge >= 0.3 is 6.03 Å². The first-order chi connectivity index (χ1) is 20.1. The third-order valence-corrected chi connectivity index (χ3v) is 8.42. The number of benzene rings is 1. The number of urea groups is 1. The van der Waals surface area contributed by atoms with E-state index < -0.39 is 5.82 Å². The van der Waals surface area contributed by atoms with Gasteiger partial charge in [0.2, 0.25) is 0 Å². The molecular weight excluding hydrogens is 539 g/mol. The number of halogens is 1. The van der Waals surface area contributed by atoms with Crippen LogP contribution in [0.3, 0.4) is 0 Å². The lowest BCUT2D eigenvalue weighted by Crippen LogP contribution is -2.62. The number of anilines is 1. The summed E-state index contributed by atoms with van der Waals surface area (Å²) < 4.78 is 20.4. The molecule has 0 saturated carbocycles. The minimum absolute atomic E-state index is 0.0512. The van der Waals surface area contributed by atoms with Gasteiger partial charge in [0.05, 0.1) is 5.56 Å². The Morgan fingerprint density at radius 1 is 1.19 bits per heavy atom. The Morgan fingerprint density at radius 3 is 2.62 bits per heavy atom. The molecule has 2 aliphatic rings. The zero-order valence-electron chi connectivity index (χ0n) is 25.7. The van der Waals surface area contributed by atoms with Crippen LogP contribution in [-0.2, 0) is 0 Å². The van der Waals surface area contributed by atoms with Gasteiger partial charge in [-0.3, -0.25) is 9.69 Å². The molecule has 1 aromatic carbocycles. The summed E-state index contributed by atoms with van der Waals surface area (Å²) in [6.07, 6.45) is 4.38. The number of nitrogens with one attached hydrogen (secondary N) is 2. The topological polar surface area (TPSA) is 116 Å². The molecule has 0 aliphatic carbocycles. The molecule has 2 aromatic rings. The minimum atomic E-state index is -0.513. The lowest BCUT2D eigenvalue weighted by atomic mass is 9.76. The standard InChI is InChI=1S/C30H45FN8O3/c1-7-39(21(4)5)28(40)23-15-22(31)10-11-25(23)42-27-26(34-19-35-36-27)37-14-12-30(16-37)17-38(18-30)24(20(2)3)9-8-13-33-29(41)32-6/h10-11,15,19-21,24H,7-9,12-14,16-18H2,1-6H3,(H2,32,33,41)/t24-/m1/s1. The minimum Gasteiger partial charge on any atom is -0.434 e. The zero-order valence-corrected chi connectivity index (χ0v) is 25.7. The van der Waals surface area contributed by atoms with Crippen LogP contribution in [0.15, 0.2) is 24.5 Å². The van der Waals surface area contributed by atoms with E-state index in [0.717, 1.165) is 45.4 Å². The fourth-order valence-electron chi connectivity index (χ4n) is 6.27. The van der Waals surface area contributed by atoms with Gasteiger partial charge in [0, 0.05) is 63.8 Å². The van der Waals surface area contributed by atoms with Gasteiger partial charge in [-0.1, -0.05) is 13.8 Å². The van der Waals surface area contributed by atoms with Crippen molar-refractivity contribution >= 4 is 17.8 Å². The third-order valence-electron chi connectivity index (χ3n) is 8.42. The van der Waals surface area contributed by atoms with Crippen molar-refractivity contribution in [2.75, 3.05) is 51.2 Å². The molecule has 1 spiro atoms. The van der Waals surface area contributed by atoms with E-state index in [2.05, 4.69) is 49.5 Å². The van der Waals surface area contributed by atoms with E-state index in [-0.39, 0.29) is 40.6 Å². The van der Waals surface area contributed by atoms with E-state index in [1.165, 1.54) is 24.5 Å². The predicted molar refractivity (Wildman–Crippen MR) is 159 cm³/mol. The lowest BCUT2D eigenvalue weighted by molar-refractivity contribution is -0.0338. The van der Waals surface area contributed by atoms with Crippen molar-refractivity contribution in [2.45, 2.75) is 66.0 Å². The number of amides is 3. The van der Waals surface area contributed by atoms with Crippen molar-refractivity contribution in [1.82, 2.24) is 35.6 Å². The number of ether oxygens (including phenoxy) is 1. The molecule has 2 N–H and O–H groups in total. The first kappa shape index (κ1) is 31.4. The molecule has 3 amide bonds. The number of aromatic nitrogens is 3. The number of carbonyl (C=O) groups is 2. The number of hydrogen-bond acceptors (Lipinski definition) is 8. The number of hydrogen-bond donors (Lipinski definition) is 2. The second-order valence-electron chi connectivity index (χ2n) is 12.1. The second kappa shape index (κ2) is 13.6. The predicted octanol–water partition coefficient (Wildman–Crippen LogP) is 3.92. The molecule has 2 saturated heterocycles. The molecule has 1 atom stereocenters.